The molecule has 62 valence electrons. The second-order valence-electron chi connectivity index (χ2n) is 2.28. The van der Waals surface area contributed by atoms with Crippen molar-refractivity contribution < 1.29 is 0 Å². The molecular weight excluding hydrogens is 196 g/mol. The van der Waals surface area contributed by atoms with Crippen molar-refractivity contribution in [1.29, 1.82) is 0 Å². The van der Waals surface area contributed by atoms with E-state index in [4.69, 9.17) is 11.6 Å². The number of alkyl halides is 1. The lowest BCUT2D eigenvalue weighted by Crippen LogP contribution is -2.05. The maximum atomic E-state index is 10.8. The fourth-order valence-corrected chi connectivity index (χ4v) is 2.13. The Hall–Kier alpha value is -0.870. The van der Waals surface area contributed by atoms with Crippen LogP contribution in [0.15, 0.2) is 22.4 Å². The molecule has 0 aliphatic carbocycles. The smallest absolute Gasteiger partial charge is 0.273 e. The summed E-state index contributed by atoms with van der Waals surface area (Å²) in [6, 6.07) is 1.43. The Morgan fingerprint density at radius 3 is 3.25 bits per heavy atom. The van der Waals surface area contributed by atoms with Crippen molar-refractivity contribution in [1.82, 2.24) is 9.38 Å². The van der Waals surface area contributed by atoms with Crippen LogP contribution in [0.2, 0.25) is 0 Å². The van der Waals surface area contributed by atoms with Crippen LogP contribution in [-0.2, 0) is 5.88 Å². The SMILES string of the molecule is O=c1ccn2c(CCl)csc2n1. The van der Waals surface area contributed by atoms with Gasteiger partial charge in [-0.1, -0.05) is 0 Å². The Labute approximate surface area is 77.2 Å². The minimum absolute atomic E-state index is 0.210. The van der Waals surface area contributed by atoms with E-state index in [1.54, 1.807) is 6.20 Å². The monoisotopic (exact) mass is 200 g/mol. The molecule has 5 heteroatoms. The van der Waals surface area contributed by atoms with Gasteiger partial charge in [0.15, 0.2) is 4.96 Å². The van der Waals surface area contributed by atoms with Crippen LogP contribution in [0.1, 0.15) is 5.69 Å². The van der Waals surface area contributed by atoms with Gasteiger partial charge in [-0.05, 0) is 0 Å². The van der Waals surface area contributed by atoms with Crippen LogP contribution in [-0.4, -0.2) is 9.38 Å². The standard InChI is InChI=1S/C7H5ClN2OS/c8-3-5-4-12-7-9-6(11)1-2-10(5)7/h1-2,4H,3H2. The van der Waals surface area contributed by atoms with Gasteiger partial charge in [0.2, 0.25) is 0 Å². The minimum Gasteiger partial charge on any atom is -0.295 e. The molecule has 0 radical (unpaired) electrons. The molecule has 0 aliphatic heterocycles. The highest BCUT2D eigenvalue weighted by Crippen LogP contribution is 2.13. The van der Waals surface area contributed by atoms with Crippen molar-refractivity contribution in [2.45, 2.75) is 5.88 Å². The normalized spacial score (nSPS) is 10.8. The lowest BCUT2D eigenvalue weighted by atomic mass is 10.5. The molecule has 0 fully saturated rings. The van der Waals surface area contributed by atoms with Gasteiger partial charge in [0, 0.05) is 23.3 Å². The van der Waals surface area contributed by atoms with Crippen LogP contribution in [0.3, 0.4) is 0 Å². The number of aromatic nitrogens is 2. The Morgan fingerprint density at radius 1 is 1.67 bits per heavy atom. The third-order valence-corrected chi connectivity index (χ3v) is 2.69. The summed E-state index contributed by atoms with van der Waals surface area (Å²) in [4.78, 5) is 15.3. The molecule has 2 aromatic rings. The third-order valence-electron chi connectivity index (χ3n) is 1.52. The first kappa shape index (κ1) is 7.76. The fourth-order valence-electron chi connectivity index (χ4n) is 0.963. The highest BCUT2D eigenvalue weighted by Gasteiger charge is 2.01. The van der Waals surface area contributed by atoms with Crippen molar-refractivity contribution >= 4 is 27.9 Å². The van der Waals surface area contributed by atoms with Crippen molar-refractivity contribution in [3.63, 3.8) is 0 Å². The van der Waals surface area contributed by atoms with Crippen LogP contribution < -0.4 is 5.56 Å². The zero-order valence-corrected chi connectivity index (χ0v) is 7.60. The van der Waals surface area contributed by atoms with E-state index in [2.05, 4.69) is 4.98 Å². The maximum absolute atomic E-state index is 10.8. The molecular formula is C7H5ClN2OS. The van der Waals surface area contributed by atoms with Crippen LogP contribution >= 0.6 is 22.9 Å². The van der Waals surface area contributed by atoms with Gasteiger partial charge in [-0.15, -0.1) is 22.9 Å². The minimum atomic E-state index is -0.210. The summed E-state index contributed by atoms with van der Waals surface area (Å²) in [5.41, 5.74) is 0.752. The van der Waals surface area contributed by atoms with E-state index >= 15 is 0 Å². The molecule has 0 aromatic carbocycles. The molecule has 0 atom stereocenters. The number of hydrogen-bond acceptors (Lipinski definition) is 3. The highest BCUT2D eigenvalue weighted by atomic mass is 35.5. The summed E-state index contributed by atoms with van der Waals surface area (Å²) in [7, 11) is 0. The molecule has 2 aromatic heterocycles. The maximum Gasteiger partial charge on any atom is 0.273 e. The van der Waals surface area contributed by atoms with Gasteiger partial charge in [-0.25, -0.2) is 0 Å². The third kappa shape index (κ3) is 1.13. The average Bonchev–Trinajstić information content (AvgIpc) is 2.46. The highest BCUT2D eigenvalue weighted by molar-refractivity contribution is 7.15. The van der Waals surface area contributed by atoms with Crippen molar-refractivity contribution in [3.8, 4) is 0 Å². The van der Waals surface area contributed by atoms with Gasteiger partial charge >= 0.3 is 0 Å². The number of hydrogen-bond donors (Lipinski definition) is 0. The molecule has 0 saturated heterocycles. The second kappa shape index (κ2) is 2.88. The van der Waals surface area contributed by atoms with Crippen molar-refractivity contribution in [2.24, 2.45) is 0 Å². The summed E-state index contributed by atoms with van der Waals surface area (Å²) in [6.07, 6.45) is 1.69. The fraction of sp³-hybridized carbons (Fsp3) is 0.143. The molecule has 0 bridgehead atoms. The Morgan fingerprint density at radius 2 is 2.50 bits per heavy atom. The number of nitrogens with zero attached hydrogens (tertiary/aromatic N) is 2. The van der Waals surface area contributed by atoms with Gasteiger partial charge < -0.3 is 0 Å². The van der Waals surface area contributed by atoms with Gasteiger partial charge in [-0.3, -0.25) is 9.20 Å². The summed E-state index contributed by atoms with van der Waals surface area (Å²) in [5.74, 6) is 0.435. The van der Waals surface area contributed by atoms with Crippen molar-refractivity contribution in [2.75, 3.05) is 0 Å². The molecule has 0 unspecified atom stereocenters. The molecule has 2 heterocycles. The van der Waals surface area contributed by atoms with E-state index in [1.165, 1.54) is 17.4 Å². The largest absolute Gasteiger partial charge is 0.295 e. The number of fused-ring (bicyclic) bond motifs is 1. The van der Waals surface area contributed by atoms with Crippen LogP contribution in [0.25, 0.3) is 4.96 Å². The molecule has 3 nitrogen and oxygen atoms in total. The lowest BCUT2D eigenvalue weighted by Gasteiger charge is -1.93. The zero-order chi connectivity index (χ0) is 8.55. The van der Waals surface area contributed by atoms with Crippen LogP contribution in [0.4, 0.5) is 0 Å². The molecule has 0 aliphatic rings. The van der Waals surface area contributed by atoms with Crippen LogP contribution in [0, 0.1) is 0 Å². The zero-order valence-electron chi connectivity index (χ0n) is 6.03. The summed E-state index contributed by atoms with van der Waals surface area (Å²) in [6.45, 7) is 0. The molecule has 12 heavy (non-hydrogen) atoms. The molecule has 0 amide bonds. The Bertz CT molecular complexity index is 462. The molecule has 0 N–H and O–H groups in total. The summed E-state index contributed by atoms with van der Waals surface area (Å²) >= 11 is 7.09. The quantitative estimate of drug-likeness (QED) is 0.654. The van der Waals surface area contributed by atoms with E-state index in [0.29, 0.717) is 10.8 Å². The topological polar surface area (TPSA) is 34.4 Å². The van der Waals surface area contributed by atoms with E-state index < -0.39 is 0 Å². The van der Waals surface area contributed by atoms with Gasteiger partial charge in [0.1, 0.15) is 0 Å². The first-order valence-corrected chi connectivity index (χ1v) is 4.74. The molecule has 2 rings (SSSR count). The van der Waals surface area contributed by atoms with E-state index in [9.17, 15) is 4.79 Å². The average molecular weight is 201 g/mol. The number of halogens is 1. The van der Waals surface area contributed by atoms with E-state index in [0.717, 1.165) is 5.69 Å². The summed E-state index contributed by atoms with van der Waals surface area (Å²) < 4.78 is 1.82. The first-order valence-electron chi connectivity index (χ1n) is 3.33. The predicted octanol–water partition coefficient (Wildman–Crippen LogP) is 1.49. The lowest BCUT2D eigenvalue weighted by molar-refractivity contribution is 1.04. The second-order valence-corrected chi connectivity index (χ2v) is 3.38. The Kier molecular flexibility index (Phi) is 1.86. The Balaban J connectivity index is 2.81. The van der Waals surface area contributed by atoms with Crippen LogP contribution in [0.5, 0.6) is 0 Å². The summed E-state index contributed by atoms with van der Waals surface area (Å²) in [5, 5.41) is 1.90. The molecule has 0 spiro atoms. The first-order chi connectivity index (χ1) is 5.81. The number of thiazole rings is 1. The van der Waals surface area contributed by atoms with Gasteiger partial charge in [-0.2, -0.15) is 4.98 Å². The number of rotatable bonds is 1. The van der Waals surface area contributed by atoms with Gasteiger partial charge in [0.25, 0.3) is 5.56 Å². The predicted molar refractivity (Wildman–Crippen MR) is 48.9 cm³/mol. The van der Waals surface area contributed by atoms with Crippen molar-refractivity contribution in [3.05, 3.63) is 33.7 Å². The van der Waals surface area contributed by atoms with E-state index in [1.807, 2.05) is 9.78 Å². The van der Waals surface area contributed by atoms with Gasteiger partial charge in [0.05, 0.1) is 5.88 Å². The molecule has 0 saturated carbocycles. The van der Waals surface area contributed by atoms with E-state index in [-0.39, 0.29) is 5.56 Å².